The Morgan fingerprint density at radius 1 is 0.947 bits per heavy atom. The second kappa shape index (κ2) is 9.60. The highest BCUT2D eigenvalue weighted by molar-refractivity contribution is 6.01. The van der Waals surface area contributed by atoms with Gasteiger partial charge in [0, 0.05) is 58.6 Å². The van der Waals surface area contributed by atoms with Gasteiger partial charge >= 0.3 is 0 Å². The van der Waals surface area contributed by atoms with Gasteiger partial charge in [-0.15, -0.1) is 0 Å². The molecule has 0 fully saturated rings. The van der Waals surface area contributed by atoms with Gasteiger partial charge in [-0.05, 0) is 61.6 Å². The molecule has 0 amide bonds. The van der Waals surface area contributed by atoms with Crippen LogP contribution in [-0.4, -0.2) is 57.3 Å². The van der Waals surface area contributed by atoms with Crippen molar-refractivity contribution in [2.45, 2.75) is 0 Å². The third kappa shape index (κ3) is 4.55. The Kier molecular flexibility index (Phi) is 5.97. The van der Waals surface area contributed by atoms with E-state index >= 15 is 0 Å². The first kappa shape index (κ1) is 23.6. The Morgan fingerprint density at radius 3 is 2.66 bits per heavy atom. The van der Waals surface area contributed by atoms with Crippen LogP contribution < -0.4 is 10.5 Å². The van der Waals surface area contributed by atoms with Crippen LogP contribution in [0.1, 0.15) is 0 Å². The third-order valence-electron chi connectivity index (χ3n) is 6.42. The van der Waals surface area contributed by atoms with Gasteiger partial charge < -0.3 is 20.4 Å². The Hall–Kier alpha value is -4.76. The van der Waals surface area contributed by atoms with Gasteiger partial charge in [-0.1, -0.05) is 12.1 Å². The van der Waals surface area contributed by atoms with Crippen molar-refractivity contribution in [1.82, 2.24) is 30.0 Å². The fourth-order valence-corrected chi connectivity index (χ4v) is 4.56. The molecule has 190 valence electrons. The quantitative estimate of drug-likeness (QED) is 0.263. The number of nitrogens with one attached hydrogen (secondary N) is 2. The Labute approximate surface area is 218 Å². The molecule has 9 heteroatoms. The van der Waals surface area contributed by atoms with Gasteiger partial charge in [-0.2, -0.15) is 5.10 Å². The van der Waals surface area contributed by atoms with Gasteiger partial charge in [-0.3, -0.25) is 10.1 Å². The Morgan fingerprint density at radius 2 is 1.82 bits per heavy atom. The van der Waals surface area contributed by atoms with Gasteiger partial charge in [0.15, 0.2) is 5.65 Å². The van der Waals surface area contributed by atoms with Crippen LogP contribution >= 0.6 is 0 Å². The first-order valence-corrected chi connectivity index (χ1v) is 12.2. The normalized spacial score (nSPS) is 11.6. The molecule has 0 bridgehead atoms. The molecule has 0 aliphatic rings. The number of pyridine rings is 2. The molecule has 0 aliphatic heterocycles. The summed E-state index contributed by atoms with van der Waals surface area (Å²) < 4.78 is 20.4. The maximum atomic E-state index is 14.6. The molecule has 8 nitrogen and oxygen atoms in total. The summed E-state index contributed by atoms with van der Waals surface area (Å²) in [7, 11) is 3.94. The fourth-order valence-electron chi connectivity index (χ4n) is 4.56. The molecule has 4 N–H and O–H groups in total. The average molecular weight is 508 g/mol. The predicted octanol–water partition coefficient (Wildman–Crippen LogP) is 5.50. The average Bonchev–Trinajstić information content (AvgIpc) is 3.51. The van der Waals surface area contributed by atoms with Crippen LogP contribution in [0.25, 0.3) is 55.6 Å². The monoisotopic (exact) mass is 507 g/mol. The number of likely N-dealkylation sites (N-methyl/N-ethyl adjacent to an activating group) is 1. The first-order valence-electron chi connectivity index (χ1n) is 12.2. The standard InChI is InChI=1S/C29H26FN7O/c1-37(2)6-7-38-22-10-17(8-20(30)12-22)23-4-3-5-26-24(23)13-27(34-26)28-25-11-19(15-33-29(25)36-35-28)18-9-21(31)16-32-14-18/h3-5,8-16,34H,6-7,31H2,1-2H3,(H,33,35,36). The second-order valence-electron chi connectivity index (χ2n) is 9.48. The Balaban J connectivity index is 1.40. The summed E-state index contributed by atoms with van der Waals surface area (Å²) in [6, 6.07) is 16.7. The molecule has 0 atom stereocenters. The number of benzene rings is 2. The van der Waals surface area contributed by atoms with E-state index in [1.54, 1.807) is 18.6 Å². The number of nitrogens with zero attached hydrogens (tertiary/aromatic N) is 4. The summed E-state index contributed by atoms with van der Waals surface area (Å²) >= 11 is 0. The van der Waals surface area contributed by atoms with E-state index in [9.17, 15) is 4.39 Å². The van der Waals surface area contributed by atoms with Gasteiger partial charge in [0.2, 0.25) is 0 Å². The molecular formula is C29H26FN7O. The van der Waals surface area contributed by atoms with E-state index in [-0.39, 0.29) is 5.82 Å². The number of aromatic nitrogens is 5. The van der Waals surface area contributed by atoms with Crippen molar-refractivity contribution in [3.8, 4) is 39.4 Å². The summed E-state index contributed by atoms with van der Waals surface area (Å²) in [5, 5.41) is 9.38. The van der Waals surface area contributed by atoms with Crippen LogP contribution in [0.2, 0.25) is 0 Å². The van der Waals surface area contributed by atoms with E-state index in [4.69, 9.17) is 10.5 Å². The van der Waals surface area contributed by atoms with E-state index < -0.39 is 0 Å². The van der Waals surface area contributed by atoms with E-state index in [2.05, 4.69) is 25.1 Å². The Bertz CT molecular complexity index is 1770. The number of hydrogen-bond acceptors (Lipinski definition) is 6. The number of nitrogens with two attached hydrogens (primary N) is 1. The van der Waals surface area contributed by atoms with Crippen LogP contribution in [0.5, 0.6) is 5.75 Å². The van der Waals surface area contributed by atoms with Crippen LogP contribution in [0.3, 0.4) is 0 Å². The third-order valence-corrected chi connectivity index (χ3v) is 6.42. The van der Waals surface area contributed by atoms with E-state index in [0.717, 1.165) is 56.5 Å². The summed E-state index contributed by atoms with van der Waals surface area (Å²) in [5.41, 5.74) is 13.1. The van der Waals surface area contributed by atoms with Gasteiger partial charge in [-0.25, -0.2) is 9.37 Å². The minimum atomic E-state index is -0.344. The second-order valence-corrected chi connectivity index (χ2v) is 9.48. The lowest BCUT2D eigenvalue weighted by Gasteiger charge is -2.12. The van der Waals surface area contributed by atoms with Gasteiger partial charge in [0.05, 0.1) is 11.4 Å². The predicted molar refractivity (Wildman–Crippen MR) is 148 cm³/mol. The van der Waals surface area contributed by atoms with Crippen LogP contribution in [0.4, 0.5) is 10.1 Å². The minimum Gasteiger partial charge on any atom is -0.492 e. The largest absolute Gasteiger partial charge is 0.492 e. The number of anilines is 1. The zero-order valence-electron chi connectivity index (χ0n) is 21.0. The molecule has 38 heavy (non-hydrogen) atoms. The number of rotatable bonds is 7. The molecule has 0 saturated carbocycles. The molecule has 4 heterocycles. The van der Waals surface area contributed by atoms with Crippen molar-refractivity contribution in [2.75, 3.05) is 33.0 Å². The number of H-pyrrole nitrogens is 2. The fraction of sp³-hybridized carbons (Fsp3) is 0.138. The van der Waals surface area contributed by atoms with E-state index in [0.29, 0.717) is 23.7 Å². The number of nitrogen functional groups attached to an aromatic ring is 1. The summed E-state index contributed by atoms with van der Waals surface area (Å²) in [6.45, 7) is 1.22. The van der Waals surface area contributed by atoms with Crippen LogP contribution in [0.15, 0.2) is 73.2 Å². The molecule has 0 spiro atoms. The van der Waals surface area contributed by atoms with Crippen molar-refractivity contribution in [1.29, 1.82) is 0 Å². The molecule has 0 unspecified atom stereocenters. The number of halogens is 1. The highest BCUT2D eigenvalue weighted by Crippen LogP contribution is 2.36. The molecular weight excluding hydrogens is 481 g/mol. The summed E-state index contributed by atoms with van der Waals surface area (Å²) in [6.07, 6.45) is 5.14. The topological polar surface area (TPSA) is 109 Å². The highest BCUT2D eigenvalue weighted by atomic mass is 19.1. The van der Waals surface area contributed by atoms with Gasteiger partial charge in [0.25, 0.3) is 0 Å². The lowest BCUT2D eigenvalue weighted by Crippen LogP contribution is -2.19. The van der Waals surface area contributed by atoms with E-state index in [1.165, 1.54) is 12.1 Å². The molecule has 6 rings (SSSR count). The molecule has 0 radical (unpaired) electrons. The molecule has 2 aromatic carbocycles. The smallest absolute Gasteiger partial charge is 0.155 e. The number of fused-ring (bicyclic) bond motifs is 2. The number of hydrogen-bond donors (Lipinski definition) is 3. The summed E-state index contributed by atoms with van der Waals surface area (Å²) in [5.74, 6) is 0.158. The number of aromatic amines is 2. The first-order chi connectivity index (χ1) is 18.4. The van der Waals surface area contributed by atoms with Crippen molar-refractivity contribution in [3.05, 3.63) is 79.0 Å². The lowest BCUT2D eigenvalue weighted by molar-refractivity contribution is 0.260. The van der Waals surface area contributed by atoms with Crippen molar-refractivity contribution in [3.63, 3.8) is 0 Å². The van der Waals surface area contributed by atoms with Crippen molar-refractivity contribution in [2.24, 2.45) is 0 Å². The molecule has 6 aromatic rings. The van der Waals surface area contributed by atoms with Crippen molar-refractivity contribution >= 4 is 27.6 Å². The van der Waals surface area contributed by atoms with Crippen LogP contribution in [0, 0.1) is 5.82 Å². The van der Waals surface area contributed by atoms with E-state index in [1.807, 2.05) is 61.5 Å². The van der Waals surface area contributed by atoms with Gasteiger partial charge in [0.1, 0.15) is 23.9 Å². The zero-order valence-corrected chi connectivity index (χ0v) is 21.0. The van der Waals surface area contributed by atoms with Crippen molar-refractivity contribution < 1.29 is 9.13 Å². The molecule has 0 saturated heterocycles. The zero-order chi connectivity index (χ0) is 26.2. The highest BCUT2D eigenvalue weighted by Gasteiger charge is 2.16. The summed E-state index contributed by atoms with van der Waals surface area (Å²) in [4.78, 5) is 14.2. The SMILES string of the molecule is CN(C)CCOc1cc(F)cc(-c2cccc3[nH]c(-c4n[nH]c5ncc(-c6cncc(N)c6)cc45)cc23)c1. The number of ether oxygens (including phenoxy) is 1. The molecule has 4 aromatic heterocycles. The molecule has 0 aliphatic carbocycles. The maximum absolute atomic E-state index is 14.6. The van der Waals surface area contributed by atoms with Crippen LogP contribution in [-0.2, 0) is 0 Å². The maximum Gasteiger partial charge on any atom is 0.155 e. The minimum absolute atomic E-state index is 0.344. The lowest BCUT2D eigenvalue weighted by atomic mass is 10.0.